The number of rotatable bonds is 10. The molecule has 1 aliphatic rings. The molecule has 4 rings (SSSR count). The first-order valence-electron chi connectivity index (χ1n) is 11.9. The van der Waals surface area contributed by atoms with E-state index in [-0.39, 0.29) is 5.75 Å². The lowest BCUT2D eigenvalue weighted by Crippen LogP contribution is -2.44. The van der Waals surface area contributed by atoms with Crippen molar-refractivity contribution in [3.8, 4) is 17.2 Å². The Balaban J connectivity index is 1.57. The molecule has 1 aromatic heterocycles. The van der Waals surface area contributed by atoms with E-state index >= 15 is 0 Å². The largest absolute Gasteiger partial charge is 0.573 e. The van der Waals surface area contributed by atoms with Crippen molar-refractivity contribution in [1.82, 2.24) is 14.5 Å². The van der Waals surface area contributed by atoms with E-state index in [1.54, 1.807) is 20.5 Å². The molecule has 0 fully saturated rings. The molecule has 38 heavy (non-hydrogen) atoms. The Kier molecular flexibility index (Phi) is 7.96. The molecule has 0 aliphatic carbocycles. The molecule has 2 heterocycles. The van der Waals surface area contributed by atoms with Gasteiger partial charge in [0.2, 0.25) is 5.72 Å². The van der Waals surface area contributed by atoms with Gasteiger partial charge in [-0.2, -0.15) is 0 Å². The van der Waals surface area contributed by atoms with Gasteiger partial charge in [0.25, 0.3) is 0 Å². The molecule has 3 aromatic rings. The lowest BCUT2D eigenvalue weighted by molar-refractivity contribution is -0.274. The summed E-state index contributed by atoms with van der Waals surface area (Å²) in [5, 5.41) is 4.29. The van der Waals surface area contributed by atoms with Crippen LogP contribution >= 0.6 is 0 Å². The van der Waals surface area contributed by atoms with Gasteiger partial charge < -0.3 is 28.5 Å². The van der Waals surface area contributed by atoms with Crippen LogP contribution in [0.15, 0.2) is 66.2 Å². The molecule has 202 valence electrons. The predicted octanol–water partition coefficient (Wildman–Crippen LogP) is 5.66. The second-order valence-corrected chi connectivity index (χ2v) is 8.78. The van der Waals surface area contributed by atoms with E-state index in [1.165, 1.54) is 24.3 Å². The SMILES string of the molecule is COCCCN1C(/C=C/c2ccc(-n3cnc(C)c3)c(OC)c2)=NOC1(C)c1ccc(OC(F)(F)F)cc1. The van der Waals surface area contributed by atoms with Crippen molar-refractivity contribution in [2.24, 2.45) is 5.16 Å². The average molecular weight is 531 g/mol. The molecule has 0 amide bonds. The number of methoxy groups -OCH3 is 2. The van der Waals surface area contributed by atoms with Gasteiger partial charge in [0, 0.05) is 38.9 Å². The number of ether oxygens (including phenoxy) is 3. The zero-order valence-corrected chi connectivity index (χ0v) is 21.5. The number of benzene rings is 2. The van der Waals surface area contributed by atoms with Crippen LogP contribution in [0, 0.1) is 6.92 Å². The summed E-state index contributed by atoms with van der Waals surface area (Å²) in [7, 11) is 3.23. The van der Waals surface area contributed by atoms with Crippen LogP contribution in [0.4, 0.5) is 13.2 Å². The molecule has 0 radical (unpaired) electrons. The molecular weight excluding hydrogens is 501 g/mol. The first-order valence-corrected chi connectivity index (χ1v) is 11.9. The summed E-state index contributed by atoms with van der Waals surface area (Å²) in [6.45, 7) is 4.79. The van der Waals surface area contributed by atoms with Crippen LogP contribution < -0.4 is 9.47 Å². The van der Waals surface area contributed by atoms with Crippen LogP contribution in [-0.4, -0.2) is 54.0 Å². The molecule has 2 aromatic carbocycles. The molecule has 0 bridgehead atoms. The highest BCUT2D eigenvalue weighted by Crippen LogP contribution is 2.37. The molecule has 0 N–H and O–H groups in total. The van der Waals surface area contributed by atoms with Gasteiger partial charge in [0.15, 0.2) is 5.84 Å². The first kappa shape index (κ1) is 27.1. The maximum atomic E-state index is 12.6. The monoisotopic (exact) mass is 530 g/mol. The lowest BCUT2D eigenvalue weighted by atomic mass is 10.0. The van der Waals surface area contributed by atoms with Crippen molar-refractivity contribution in [3.63, 3.8) is 0 Å². The minimum Gasteiger partial charge on any atom is -0.495 e. The summed E-state index contributed by atoms with van der Waals surface area (Å²) in [5.41, 5.74) is 2.22. The topological polar surface area (TPSA) is 70.3 Å². The first-order chi connectivity index (χ1) is 18.1. The number of hydrogen-bond donors (Lipinski definition) is 0. The van der Waals surface area contributed by atoms with E-state index < -0.39 is 12.1 Å². The summed E-state index contributed by atoms with van der Waals surface area (Å²) < 4.78 is 54.4. The Morgan fingerprint density at radius 2 is 1.84 bits per heavy atom. The Hall–Kier alpha value is -3.99. The van der Waals surface area contributed by atoms with Gasteiger partial charge in [-0.1, -0.05) is 17.3 Å². The highest BCUT2D eigenvalue weighted by atomic mass is 19.4. The minimum atomic E-state index is -4.76. The Bertz CT molecular complexity index is 1300. The van der Waals surface area contributed by atoms with Crippen LogP contribution in [0.3, 0.4) is 0 Å². The molecule has 0 spiro atoms. The fourth-order valence-corrected chi connectivity index (χ4v) is 4.18. The Morgan fingerprint density at radius 1 is 1.08 bits per heavy atom. The number of halogens is 3. The van der Waals surface area contributed by atoms with Crippen molar-refractivity contribution in [3.05, 3.63) is 77.9 Å². The number of nitrogens with zero attached hydrogens (tertiary/aromatic N) is 4. The average Bonchev–Trinajstić information content (AvgIpc) is 3.45. The van der Waals surface area contributed by atoms with Crippen molar-refractivity contribution >= 4 is 11.9 Å². The number of amidine groups is 1. The molecule has 1 aliphatic heterocycles. The summed E-state index contributed by atoms with van der Waals surface area (Å²) in [5.74, 6) is 0.933. The van der Waals surface area contributed by atoms with E-state index in [4.69, 9.17) is 14.3 Å². The Morgan fingerprint density at radius 3 is 2.47 bits per heavy atom. The number of aryl methyl sites for hydroxylation is 1. The van der Waals surface area contributed by atoms with E-state index in [9.17, 15) is 13.2 Å². The molecule has 11 heteroatoms. The molecule has 1 atom stereocenters. The van der Waals surface area contributed by atoms with Crippen molar-refractivity contribution in [1.29, 1.82) is 0 Å². The van der Waals surface area contributed by atoms with Crippen LogP contribution in [0.5, 0.6) is 11.5 Å². The van der Waals surface area contributed by atoms with E-state index in [1.807, 2.05) is 59.9 Å². The van der Waals surface area contributed by atoms with Crippen molar-refractivity contribution in [2.45, 2.75) is 32.4 Å². The quantitative estimate of drug-likeness (QED) is 0.315. The third-order valence-corrected chi connectivity index (χ3v) is 6.08. The maximum absolute atomic E-state index is 12.6. The van der Waals surface area contributed by atoms with Crippen molar-refractivity contribution in [2.75, 3.05) is 27.4 Å². The lowest BCUT2D eigenvalue weighted by Gasteiger charge is -2.34. The second-order valence-electron chi connectivity index (χ2n) is 8.78. The van der Waals surface area contributed by atoms with Crippen LogP contribution in [-0.2, 0) is 15.3 Å². The van der Waals surface area contributed by atoms with Crippen LogP contribution in [0.1, 0.15) is 30.2 Å². The number of imidazole rings is 1. The number of oxime groups is 1. The molecule has 1 unspecified atom stereocenters. The van der Waals surface area contributed by atoms with E-state index in [0.717, 1.165) is 16.9 Å². The maximum Gasteiger partial charge on any atom is 0.573 e. The molecular formula is C27H29F3N4O4. The normalized spacial score (nSPS) is 17.6. The summed E-state index contributed by atoms with van der Waals surface area (Å²) in [4.78, 5) is 12.1. The number of hydrogen-bond acceptors (Lipinski definition) is 7. The van der Waals surface area contributed by atoms with Gasteiger partial charge in [-0.15, -0.1) is 13.2 Å². The summed E-state index contributed by atoms with van der Waals surface area (Å²) in [6.07, 6.45) is 3.29. The summed E-state index contributed by atoms with van der Waals surface area (Å²) in [6, 6.07) is 11.4. The van der Waals surface area contributed by atoms with Crippen molar-refractivity contribution < 1.29 is 32.2 Å². The third-order valence-electron chi connectivity index (χ3n) is 6.08. The van der Waals surface area contributed by atoms with Crippen LogP contribution in [0.25, 0.3) is 11.8 Å². The standard InChI is InChI=1S/C27H29F3N4O4/c1-19-17-33(18-31-19)23-12-6-20(16-24(23)36-4)7-13-25-32-38-26(2,34(25)14-5-15-35-3)21-8-10-22(11-9-21)37-27(28,29)30/h6-13,16-18H,5,14-15H2,1-4H3/b13-7+. The Labute approximate surface area is 218 Å². The smallest absolute Gasteiger partial charge is 0.495 e. The van der Waals surface area contributed by atoms with Gasteiger partial charge in [0.05, 0.1) is 24.8 Å². The van der Waals surface area contributed by atoms with Gasteiger partial charge >= 0.3 is 6.36 Å². The molecule has 8 nitrogen and oxygen atoms in total. The predicted molar refractivity (Wildman–Crippen MR) is 136 cm³/mol. The fourth-order valence-electron chi connectivity index (χ4n) is 4.18. The molecule has 0 saturated heterocycles. The zero-order valence-electron chi connectivity index (χ0n) is 21.5. The highest BCUT2D eigenvalue weighted by Gasteiger charge is 2.42. The van der Waals surface area contributed by atoms with Crippen LogP contribution in [0.2, 0.25) is 0 Å². The van der Waals surface area contributed by atoms with Gasteiger partial charge in [0.1, 0.15) is 11.5 Å². The fraction of sp³-hybridized carbons (Fsp3) is 0.333. The summed E-state index contributed by atoms with van der Waals surface area (Å²) >= 11 is 0. The minimum absolute atomic E-state index is 0.307. The molecule has 0 saturated carbocycles. The van der Waals surface area contributed by atoms with Gasteiger partial charge in [-0.3, -0.25) is 0 Å². The highest BCUT2D eigenvalue weighted by molar-refractivity contribution is 5.97. The van der Waals surface area contributed by atoms with E-state index in [0.29, 0.717) is 36.7 Å². The number of alkyl halides is 3. The third kappa shape index (κ3) is 6.10. The van der Waals surface area contributed by atoms with Gasteiger partial charge in [-0.05, 0) is 61.4 Å². The van der Waals surface area contributed by atoms with Gasteiger partial charge in [-0.25, -0.2) is 4.98 Å². The number of aromatic nitrogens is 2. The van der Waals surface area contributed by atoms with E-state index in [2.05, 4.69) is 14.9 Å². The zero-order chi connectivity index (χ0) is 27.3. The second kappa shape index (κ2) is 11.2.